The zero-order valence-corrected chi connectivity index (χ0v) is 10.1. The fourth-order valence-corrected chi connectivity index (χ4v) is 0.943. The van der Waals surface area contributed by atoms with E-state index in [4.69, 9.17) is 5.73 Å². The monoisotopic (exact) mass is 226 g/mol. The molecule has 0 radical (unpaired) electrons. The summed E-state index contributed by atoms with van der Waals surface area (Å²) in [6.07, 6.45) is 1.22. The molecule has 90 valence electrons. The minimum atomic E-state index is -0.670. The number of carbonyl (C=O) groups is 1. The summed E-state index contributed by atoms with van der Waals surface area (Å²) in [5, 5.41) is 6.33. The second-order valence-corrected chi connectivity index (χ2v) is 4.88. The maximum atomic E-state index is 11.9. The molecule has 0 saturated carbocycles. The van der Waals surface area contributed by atoms with Crippen LogP contribution in [0.15, 0.2) is 10.9 Å². The van der Waals surface area contributed by atoms with Crippen molar-refractivity contribution in [2.75, 3.05) is 0 Å². The van der Waals surface area contributed by atoms with E-state index in [1.807, 2.05) is 13.8 Å². The van der Waals surface area contributed by atoms with Gasteiger partial charge in [-0.05, 0) is 27.7 Å². The van der Waals surface area contributed by atoms with Crippen LogP contribution >= 0.6 is 0 Å². The molecule has 0 aliphatic carbocycles. The molecule has 0 fully saturated rings. The molecule has 0 aliphatic heterocycles. The fourth-order valence-electron chi connectivity index (χ4n) is 0.943. The van der Waals surface area contributed by atoms with Crippen molar-refractivity contribution in [2.24, 2.45) is 11.1 Å². The summed E-state index contributed by atoms with van der Waals surface area (Å²) in [7, 11) is 0. The van der Waals surface area contributed by atoms with E-state index < -0.39 is 11.0 Å². The Hall–Kier alpha value is -1.43. The van der Waals surface area contributed by atoms with Crippen molar-refractivity contribution >= 4 is 5.91 Å². The molecule has 0 bridgehead atoms. The number of rotatable bonds is 4. The highest BCUT2D eigenvalue weighted by Crippen LogP contribution is 2.28. The zero-order chi connectivity index (χ0) is 12.4. The first kappa shape index (κ1) is 12.6. The van der Waals surface area contributed by atoms with Crippen molar-refractivity contribution in [2.45, 2.75) is 39.8 Å². The minimum Gasteiger partial charge on any atom is -0.348 e. The van der Waals surface area contributed by atoms with Crippen LogP contribution in [0.1, 0.15) is 33.5 Å². The molecule has 0 aromatic carbocycles. The minimum absolute atomic E-state index is 0.134. The average Bonchev–Trinajstić information content (AvgIpc) is 2.64. The third-order valence-electron chi connectivity index (χ3n) is 2.99. The average molecular weight is 226 g/mol. The number of nitrogens with two attached hydrogens (primary N) is 1. The molecular formula is C10H18N4O2. The number of aromatic nitrogens is 2. The first-order chi connectivity index (χ1) is 7.25. The quantitative estimate of drug-likeness (QED) is 0.777. The molecule has 3 N–H and O–H groups in total. The summed E-state index contributed by atoms with van der Waals surface area (Å²) >= 11 is 0. The highest BCUT2D eigenvalue weighted by molar-refractivity contribution is 5.83. The smallest absolute Gasteiger partial charge is 0.227 e. The first-order valence-electron chi connectivity index (χ1n) is 5.07. The molecule has 0 aliphatic rings. The summed E-state index contributed by atoms with van der Waals surface area (Å²) in [5.74, 6) is 0.309. The van der Waals surface area contributed by atoms with Crippen LogP contribution in [-0.4, -0.2) is 21.6 Å². The Morgan fingerprint density at radius 3 is 2.56 bits per heavy atom. The maximum Gasteiger partial charge on any atom is 0.227 e. The molecule has 1 rings (SSSR count). The topological polar surface area (TPSA) is 94.0 Å². The molecule has 1 amide bonds. The summed E-state index contributed by atoms with van der Waals surface area (Å²) in [5.41, 5.74) is 4.68. The second kappa shape index (κ2) is 4.21. The SMILES string of the molecule is CC(C)(N)C(C)(C)C(=O)NCc1ncon1. The highest BCUT2D eigenvalue weighted by Gasteiger charge is 2.40. The van der Waals surface area contributed by atoms with Crippen molar-refractivity contribution in [1.82, 2.24) is 15.5 Å². The van der Waals surface area contributed by atoms with Gasteiger partial charge in [0.15, 0.2) is 5.82 Å². The van der Waals surface area contributed by atoms with Crippen molar-refractivity contribution in [1.29, 1.82) is 0 Å². The number of nitrogens with zero attached hydrogens (tertiary/aromatic N) is 2. The predicted octanol–water partition coefficient (Wildman–Crippen LogP) is 0.449. The van der Waals surface area contributed by atoms with E-state index in [-0.39, 0.29) is 12.5 Å². The Bertz CT molecular complexity index is 351. The van der Waals surface area contributed by atoms with Gasteiger partial charge in [-0.3, -0.25) is 4.79 Å². The maximum absolute atomic E-state index is 11.9. The Labute approximate surface area is 94.6 Å². The Kier molecular flexibility index (Phi) is 3.32. The van der Waals surface area contributed by atoms with Gasteiger partial charge in [-0.25, -0.2) is 0 Å². The lowest BCUT2D eigenvalue weighted by atomic mass is 9.74. The Balaban J connectivity index is 2.59. The van der Waals surface area contributed by atoms with Crippen LogP contribution in [0.5, 0.6) is 0 Å². The van der Waals surface area contributed by atoms with Crippen LogP contribution in [0.3, 0.4) is 0 Å². The third-order valence-corrected chi connectivity index (χ3v) is 2.99. The number of amides is 1. The summed E-state index contributed by atoms with van der Waals surface area (Å²) in [6.45, 7) is 7.49. The molecule has 0 unspecified atom stereocenters. The summed E-state index contributed by atoms with van der Waals surface area (Å²) in [6, 6.07) is 0. The van der Waals surface area contributed by atoms with Gasteiger partial charge >= 0.3 is 0 Å². The molecular weight excluding hydrogens is 208 g/mol. The fraction of sp³-hybridized carbons (Fsp3) is 0.700. The van der Waals surface area contributed by atoms with Crippen LogP contribution in [-0.2, 0) is 11.3 Å². The van der Waals surface area contributed by atoms with Crippen LogP contribution in [0.25, 0.3) is 0 Å². The highest BCUT2D eigenvalue weighted by atomic mass is 16.5. The summed E-state index contributed by atoms with van der Waals surface area (Å²) in [4.78, 5) is 15.7. The predicted molar refractivity (Wildman–Crippen MR) is 58.2 cm³/mol. The zero-order valence-electron chi connectivity index (χ0n) is 10.1. The van der Waals surface area contributed by atoms with Gasteiger partial charge in [-0.2, -0.15) is 4.98 Å². The number of carbonyl (C=O) groups excluding carboxylic acids is 1. The second-order valence-electron chi connectivity index (χ2n) is 4.88. The number of hydrogen-bond donors (Lipinski definition) is 2. The molecule has 0 saturated heterocycles. The van der Waals surface area contributed by atoms with Crippen molar-refractivity contribution in [3.05, 3.63) is 12.2 Å². The van der Waals surface area contributed by atoms with E-state index >= 15 is 0 Å². The van der Waals surface area contributed by atoms with Crippen LogP contribution < -0.4 is 11.1 Å². The normalized spacial score (nSPS) is 12.6. The van der Waals surface area contributed by atoms with E-state index in [0.717, 1.165) is 0 Å². The molecule has 0 spiro atoms. The molecule has 0 atom stereocenters. The van der Waals surface area contributed by atoms with Gasteiger partial charge in [0, 0.05) is 5.54 Å². The molecule has 6 nitrogen and oxygen atoms in total. The lowest BCUT2D eigenvalue weighted by molar-refractivity contribution is -0.132. The van der Waals surface area contributed by atoms with Gasteiger partial charge in [0.25, 0.3) is 0 Å². The number of hydrogen-bond acceptors (Lipinski definition) is 5. The van der Waals surface area contributed by atoms with E-state index in [2.05, 4.69) is 20.0 Å². The lowest BCUT2D eigenvalue weighted by Gasteiger charge is -2.36. The van der Waals surface area contributed by atoms with Crippen molar-refractivity contribution < 1.29 is 9.32 Å². The van der Waals surface area contributed by atoms with Crippen LogP contribution in [0.4, 0.5) is 0 Å². The molecule has 1 heterocycles. The standard InChI is InChI=1S/C10H18N4O2/c1-9(2,10(3,4)11)8(15)12-5-7-13-6-16-14-7/h6H,5,11H2,1-4H3,(H,12,15). The van der Waals surface area contributed by atoms with E-state index in [1.165, 1.54) is 6.39 Å². The van der Waals surface area contributed by atoms with E-state index in [9.17, 15) is 4.79 Å². The molecule has 1 aromatic heterocycles. The number of nitrogens with one attached hydrogen (secondary N) is 1. The first-order valence-corrected chi connectivity index (χ1v) is 5.07. The lowest BCUT2D eigenvalue weighted by Crippen LogP contribution is -2.55. The van der Waals surface area contributed by atoms with Gasteiger partial charge < -0.3 is 15.6 Å². The Morgan fingerprint density at radius 1 is 1.50 bits per heavy atom. The van der Waals surface area contributed by atoms with Crippen LogP contribution in [0, 0.1) is 5.41 Å². The summed E-state index contributed by atoms with van der Waals surface area (Å²) < 4.78 is 4.56. The van der Waals surface area contributed by atoms with Gasteiger partial charge in [-0.15, -0.1) is 0 Å². The van der Waals surface area contributed by atoms with E-state index in [1.54, 1.807) is 13.8 Å². The van der Waals surface area contributed by atoms with Gasteiger partial charge in [-0.1, -0.05) is 5.16 Å². The van der Waals surface area contributed by atoms with E-state index in [0.29, 0.717) is 5.82 Å². The molecule has 1 aromatic rings. The van der Waals surface area contributed by atoms with Gasteiger partial charge in [0.1, 0.15) is 0 Å². The van der Waals surface area contributed by atoms with Crippen molar-refractivity contribution in [3.63, 3.8) is 0 Å². The van der Waals surface area contributed by atoms with Crippen molar-refractivity contribution in [3.8, 4) is 0 Å². The molecule has 16 heavy (non-hydrogen) atoms. The van der Waals surface area contributed by atoms with Gasteiger partial charge in [0.05, 0.1) is 12.0 Å². The largest absolute Gasteiger partial charge is 0.348 e. The molecule has 6 heteroatoms. The van der Waals surface area contributed by atoms with Crippen LogP contribution in [0.2, 0.25) is 0 Å². The van der Waals surface area contributed by atoms with Gasteiger partial charge in [0.2, 0.25) is 12.3 Å². The Morgan fingerprint density at radius 2 is 2.12 bits per heavy atom. The third kappa shape index (κ3) is 2.57.